The summed E-state index contributed by atoms with van der Waals surface area (Å²) in [7, 11) is 0.0629. The van der Waals surface area contributed by atoms with Crippen molar-refractivity contribution in [3.63, 3.8) is 0 Å². The molecule has 0 aliphatic rings. The first-order chi connectivity index (χ1) is 7.20. The molecule has 1 rings (SSSR count). The molecule has 0 amide bonds. The summed E-state index contributed by atoms with van der Waals surface area (Å²) in [5, 5.41) is 17.9. The van der Waals surface area contributed by atoms with Crippen molar-refractivity contribution in [2.45, 2.75) is 26.4 Å². The summed E-state index contributed by atoms with van der Waals surface area (Å²) >= 11 is 0. The topological polar surface area (TPSA) is 71.7 Å². The molecule has 5 nitrogen and oxygen atoms in total. The van der Waals surface area contributed by atoms with E-state index < -0.39 is 18.7 Å². The molecule has 0 aliphatic carbocycles. The van der Waals surface area contributed by atoms with E-state index >= 15 is 0 Å². The molecule has 1 aromatic heterocycles. The van der Waals surface area contributed by atoms with Crippen molar-refractivity contribution < 1.29 is 19.6 Å². The highest BCUT2D eigenvalue weighted by Gasteiger charge is 2.23. The van der Waals surface area contributed by atoms with Gasteiger partial charge >= 0.3 is 13.1 Å². The molecule has 0 atom stereocenters. The van der Waals surface area contributed by atoms with E-state index in [4.69, 9.17) is 14.8 Å². The van der Waals surface area contributed by atoms with Gasteiger partial charge < -0.3 is 19.4 Å². The minimum atomic E-state index is -1.58. The number of esters is 1. The predicted molar refractivity (Wildman–Crippen MR) is 60.4 cm³/mol. The average molecular weight is 225 g/mol. The number of nitrogens with zero attached hydrogens (tertiary/aromatic N) is 1. The Bertz CT molecular complexity index is 392. The van der Waals surface area contributed by atoms with E-state index in [9.17, 15) is 4.79 Å². The Morgan fingerprint density at radius 2 is 2.00 bits per heavy atom. The number of carbonyl (C=O) groups excluding carboxylic acids is 1. The number of carbonyl (C=O) groups is 1. The maximum Gasteiger partial charge on any atom is 0.490 e. The largest absolute Gasteiger partial charge is 0.490 e. The molecule has 0 aliphatic heterocycles. The summed E-state index contributed by atoms with van der Waals surface area (Å²) < 4.78 is 6.68. The number of aryl methyl sites for hydroxylation is 1. The second kappa shape index (κ2) is 4.31. The molecule has 0 spiro atoms. The summed E-state index contributed by atoms with van der Waals surface area (Å²) in [5.74, 6) is -0.484. The van der Waals surface area contributed by atoms with Gasteiger partial charge in [-0.2, -0.15) is 0 Å². The Morgan fingerprint density at radius 3 is 2.38 bits per heavy atom. The molecule has 0 bridgehead atoms. The fourth-order valence-corrected chi connectivity index (χ4v) is 1.26. The van der Waals surface area contributed by atoms with Crippen LogP contribution < -0.4 is 5.46 Å². The molecule has 0 saturated heterocycles. The van der Waals surface area contributed by atoms with Crippen molar-refractivity contribution >= 4 is 18.6 Å². The number of ether oxygens (including phenoxy) is 1. The van der Waals surface area contributed by atoms with Crippen LogP contribution in [0.1, 0.15) is 31.3 Å². The van der Waals surface area contributed by atoms with E-state index in [0.29, 0.717) is 0 Å². The summed E-state index contributed by atoms with van der Waals surface area (Å²) in [5.41, 5.74) is -0.0133. The first kappa shape index (κ1) is 12.8. The average Bonchev–Trinajstić information content (AvgIpc) is 2.44. The van der Waals surface area contributed by atoms with Gasteiger partial charge in [0, 0.05) is 18.7 Å². The van der Waals surface area contributed by atoms with Crippen molar-refractivity contribution in [3.05, 3.63) is 18.0 Å². The molecule has 1 aromatic rings. The maximum atomic E-state index is 11.7. The minimum Gasteiger partial charge on any atom is -0.455 e. The van der Waals surface area contributed by atoms with Crippen LogP contribution in [0.15, 0.2) is 12.3 Å². The molecule has 6 heteroatoms. The Hall–Kier alpha value is -1.27. The summed E-state index contributed by atoms with van der Waals surface area (Å²) in [4.78, 5) is 11.7. The van der Waals surface area contributed by atoms with E-state index in [1.165, 1.54) is 16.8 Å². The van der Waals surface area contributed by atoms with Gasteiger partial charge in [-0.05, 0) is 26.8 Å². The SMILES string of the molecule is Cn1cc(B(O)O)cc1C(=O)OC(C)(C)C. The van der Waals surface area contributed by atoms with Crippen LogP contribution in [0, 0.1) is 0 Å². The molecule has 0 saturated carbocycles. The second-order valence-electron chi connectivity index (χ2n) is 4.65. The van der Waals surface area contributed by atoms with Gasteiger partial charge in [-0.3, -0.25) is 0 Å². The summed E-state index contributed by atoms with van der Waals surface area (Å²) in [6.45, 7) is 5.32. The molecule has 88 valence electrons. The van der Waals surface area contributed by atoms with Gasteiger partial charge in [-0.15, -0.1) is 0 Å². The smallest absolute Gasteiger partial charge is 0.455 e. The number of hydrogen-bond donors (Lipinski definition) is 2. The lowest BCUT2D eigenvalue weighted by Gasteiger charge is -2.19. The fraction of sp³-hybridized carbons (Fsp3) is 0.500. The molecule has 2 N–H and O–H groups in total. The van der Waals surface area contributed by atoms with Crippen LogP contribution in [0.4, 0.5) is 0 Å². The molecule has 16 heavy (non-hydrogen) atoms. The van der Waals surface area contributed by atoms with E-state index in [1.807, 2.05) is 0 Å². The fourth-order valence-electron chi connectivity index (χ4n) is 1.26. The van der Waals surface area contributed by atoms with Gasteiger partial charge in [-0.1, -0.05) is 0 Å². The summed E-state index contributed by atoms with van der Waals surface area (Å²) in [6.07, 6.45) is 1.48. The molecular formula is C10H16BNO4. The second-order valence-corrected chi connectivity index (χ2v) is 4.65. The molecular weight excluding hydrogens is 209 g/mol. The zero-order valence-electron chi connectivity index (χ0n) is 9.89. The normalized spacial score (nSPS) is 11.4. The lowest BCUT2D eigenvalue weighted by atomic mass is 9.82. The van der Waals surface area contributed by atoms with Gasteiger partial charge in [0.15, 0.2) is 0 Å². The van der Waals surface area contributed by atoms with Crippen LogP contribution in [0.25, 0.3) is 0 Å². The van der Waals surface area contributed by atoms with Crippen molar-refractivity contribution in [2.24, 2.45) is 7.05 Å². The third-order valence-corrected chi connectivity index (χ3v) is 1.93. The zero-order chi connectivity index (χ0) is 12.5. The van der Waals surface area contributed by atoms with Gasteiger partial charge in [-0.25, -0.2) is 4.79 Å². The van der Waals surface area contributed by atoms with Crippen LogP contribution in [0.5, 0.6) is 0 Å². The quantitative estimate of drug-likeness (QED) is 0.533. The molecule has 0 radical (unpaired) electrons. The third-order valence-electron chi connectivity index (χ3n) is 1.93. The van der Waals surface area contributed by atoms with Gasteiger partial charge in [0.25, 0.3) is 0 Å². The van der Waals surface area contributed by atoms with Crippen molar-refractivity contribution in [3.8, 4) is 0 Å². The van der Waals surface area contributed by atoms with Gasteiger partial charge in [0.05, 0.1) is 0 Å². The Balaban J connectivity index is 2.92. The molecule has 0 unspecified atom stereocenters. The highest BCUT2D eigenvalue weighted by Crippen LogP contribution is 2.11. The van der Waals surface area contributed by atoms with E-state index in [-0.39, 0.29) is 11.2 Å². The zero-order valence-corrected chi connectivity index (χ0v) is 9.89. The van der Waals surface area contributed by atoms with Crippen LogP contribution >= 0.6 is 0 Å². The standard InChI is InChI=1S/C10H16BNO4/c1-10(2,3)16-9(13)8-5-7(11(14)15)6-12(8)4/h5-6,14-15H,1-4H3. The highest BCUT2D eigenvalue weighted by molar-refractivity contribution is 6.58. The Kier molecular flexibility index (Phi) is 3.45. The van der Waals surface area contributed by atoms with E-state index in [0.717, 1.165) is 0 Å². The highest BCUT2D eigenvalue weighted by atomic mass is 16.6. The van der Waals surface area contributed by atoms with Crippen molar-refractivity contribution in [1.29, 1.82) is 0 Å². The third kappa shape index (κ3) is 3.11. The Labute approximate surface area is 94.8 Å². The minimum absolute atomic E-state index is 0.267. The molecule has 1 heterocycles. The number of hydrogen-bond acceptors (Lipinski definition) is 4. The molecule has 0 fully saturated rings. The van der Waals surface area contributed by atoms with Gasteiger partial charge in [0.1, 0.15) is 11.3 Å². The van der Waals surface area contributed by atoms with Crippen molar-refractivity contribution in [1.82, 2.24) is 4.57 Å². The van der Waals surface area contributed by atoms with Crippen LogP contribution in [0.3, 0.4) is 0 Å². The molecule has 0 aromatic carbocycles. The first-order valence-electron chi connectivity index (χ1n) is 4.96. The van der Waals surface area contributed by atoms with E-state index in [2.05, 4.69) is 0 Å². The number of rotatable bonds is 2. The van der Waals surface area contributed by atoms with E-state index in [1.54, 1.807) is 27.8 Å². The van der Waals surface area contributed by atoms with Gasteiger partial charge in [0.2, 0.25) is 0 Å². The maximum absolute atomic E-state index is 11.7. The number of aromatic nitrogens is 1. The van der Waals surface area contributed by atoms with Crippen LogP contribution in [-0.4, -0.2) is 33.3 Å². The van der Waals surface area contributed by atoms with Crippen LogP contribution in [-0.2, 0) is 11.8 Å². The lowest BCUT2D eigenvalue weighted by molar-refractivity contribution is 0.00591. The predicted octanol–water partition coefficient (Wildman–Crippen LogP) is -0.340. The Morgan fingerprint density at radius 1 is 1.44 bits per heavy atom. The monoisotopic (exact) mass is 225 g/mol. The van der Waals surface area contributed by atoms with Crippen molar-refractivity contribution in [2.75, 3.05) is 0 Å². The first-order valence-corrected chi connectivity index (χ1v) is 4.96. The lowest BCUT2D eigenvalue weighted by Crippen LogP contribution is -2.28. The van der Waals surface area contributed by atoms with Crippen LogP contribution in [0.2, 0.25) is 0 Å². The summed E-state index contributed by atoms with van der Waals surface area (Å²) in [6, 6.07) is 1.40.